The van der Waals surface area contributed by atoms with E-state index in [4.69, 9.17) is 4.74 Å². The van der Waals surface area contributed by atoms with Crippen molar-refractivity contribution < 1.29 is 9.53 Å². The van der Waals surface area contributed by atoms with Crippen LogP contribution >= 0.6 is 0 Å². The summed E-state index contributed by atoms with van der Waals surface area (Å²) < 4.78 is 4.93. The lowest BCUT2D eigenvalue weighted by atomic mass is 9.96. The van der Waals surface area contributed by atoms with Crippen molar-refractivity contribution in [2.75, 3.05) is 12.4 Å². The number of nitrogens with zero attached hydrogens (tertiary/aromatic N) is 1. The van der Waals surface area contributed by atoms with Gasteiger partial charge in [-0.2, -0.15) is 0 Å². The van der Waals surface area contributed by atoms with E-state index in [2.05, 4.69) is 10.3 Å². The van der Waals surface area contributed by atoms with E-state index in [1.165, 1.54) is 7.11 Å². The van der Waals surface area contributed by atoms with Gasteiger partial charge in [-0.1, -0.05) is 18.2 Å². The van der Waals surface area contributed by atoms with E-state index in [1.54, 1.807) is 19.2 Å². The topological polar surface area (TPSA) is 51.2 Å². The van der Waals surface area contributed by atoms with Gasteiger partial charge in [-0.25, -0.2) is 4.79 Å². The number of aryl methyl sites for hydroxylation is 1. The fraction of sp³-hybridized carbons (Fsp3) is 0.250. The second kappa shape index (κ2) is 5.74. The van der Waals surface area contributed by atoms with Gasteiger partial charge in [0, 0.05) is 11.9 Å². The van der Waals surface area contributed by atoms with Crippen LogP contribution in [0.1, 0.15) is 18.2 Å². The molecule has 20 heavy (non-hydrogen) atoms. The maximum atomic E-state index is 12.2. The number of esters is 1. The monoisotopic (exact) mass is 270 g/mol. The minimum atomic E-state index is -1.02. The van der Waals surface area contributed by atoms with Gasteiger partial charge in [-0.05, 0) is 43.7 Å². The SMILES string of the molecule is COC(=O)C(C)(Nc1cccc(C)c1)c1ccccn1. The van der Waals surface area contributed by atoms with E-state index in [0.717, 1.165) is 11.3 Å². The number of carbonyl (C=O) groups excluding carboxylic acids is 1. The lowest BCUT2D eigenvalue weighted by molar-refractivity contribution is -0.145. The Hall–Kier alpha value is -2.36. The quantitative estimate of drug-likeness (QED) is 0.868. The van der Waals surface area contributed by atoms with Gasteiger partial charge < -0.3 is 10.1 Å². The van der Waals surface area contributed by atoms with E-state index < -0.39 is 5.54 Å². The molecule has 1 heterocycles. The van der Waals surface area contributed by atoms with Gasteiger partial charge >= 0.3 is 5.97 Å². The Labute approximate surface area is 118 Å². The van der Waals surface area contributed by atoms with Crippen molar-refractivity contribution in [2.45, 2.75) is 19.4 Å². The number of methoxy groups -OCH3 is 1. The number of hydrogen-bond donors (Lipinski definition) is 1. The molecule has 1 N–H and O–H groups in total. The number of aromatic nitrogens is 1. The normalized spacial score (nSPS) is 13.3. The Kier molecular flexibility index (Phi) is 4.03. The molecule has 0 radical (unpaired) electrons. The van der Waals surface area contributed by atoms with Crippen LogP contribution in [-0.4, -0.2) is 18.1 Å². The summed E-state index contributed by atoms with van der Waals surface area (Å²) in [5, 5.41) is 3.23. The van der Waals surface area contributed by atoms with Crippen LogP contribution in [0.15, 0.2) is 48.7 Å². The Morgan fingerprint density at radius 1 is 1.25 bits per heavy atom. The minimum Gasteiger partial charge on any atom is -0.467 e. The molecule has 0 fully saturated rings. The summed E-state index contributed by atoms with van der Waals surface area (Å²) in [6.45, 7) is 3.77. The van der Waals surface area contributed by atoms with Crippen LogP contribution in [0.25, 0.3) is 0 Å². The predicted octanol–water partition coefficient (Wildman–Crippen LogP) is 2.89. The molecule has 104 valence electrons. The number of carbonyl (C=O) groups is 1. The molecule has 0 aliphatic rings. The summed E-state index contributed by atoms with van der Waals surface area (Å²) in [6.07, 6.45) is 1.66. The fourth-order valence-electron chi connectivity index (χ4n) is 2.09. The molecule has 0 saturated carbocycles. The Balaban J connectivity index is 2.41. The van der Waals surface area contributed by atoms with E-state index in [9.17, 15) is 4.79 Å². The third kappa shape index (κ3) is 2.79. The molecule has 0 bridgehead atoms. The van der Waals surface area contributed by atoms with E-state index in [0.29, 0.717) is 5.69 Å². The number of benzene rings is 1. The van der Waals surface area contributed by atoms with Crippen LogP contribution in [0.3, 0.4) is 0 Å². The van der Waals surface area contributed by atoms with Crippen molar-refractivity contribution in [3.05, 3.63) is 59.9 Å². The Morgan fingerprint density at radius 3 is 2.65 bits per heavy atom. The highest BCUT2D eigenvalue weighted by Crippen LogP contribution is 2.26. The van der Waals surface area contributed by atoms with Gasteiger partial charge in [0.1, 0.15) is 0 Å². The van der Waals surface area contributed by atoms with E-state index in [1.807, 2.05) is 43.3 Å². The molecule has 0 aliphatic heterocycles. The Bertz CT molecular complexity index is 598. The van der Waals surface area contributed by atoms with Crippen LogP contribution < -0.4 is 5.32 Å². The summed E-state index contributed by atoms with van der Waals surface area (Å²) in [7, 11) is 1.38. The van der Waals surface area contributed by atoms with Gasteiger partial charge in [0.2, 0.25) is 0 Å². The zero-order valence-electron chi connectivity index (χ0n) is 11.9. The lowest BCUT2D eigenvalue weighted by Crippen LogP contribution is -2.42. The van der Waals surface area contributed by atoms with E-state index >= 15 is 0 Å². The molecule has 1 aromatic carbocycles. The number of hydrogen-bond acceptors (Lipinski definition) is 4. The molecule has 2 rings (SSSR count). The molecule has 0 amide bonds. The first-order valence-corrected chi connectivity index (χ1v) is 6.41. The van der Waals surface area contributed by atoms with E-state index in [-0.39, 0.29) is 5.97 Å². The number of ether oxygens (including phenoxy) is 1. The second-order valence-electron chi connectivity index (χ2n) is 4.83. The van der Waals surface area contributed by atoms with Gasteiger partial charge in [0.15, 0.2) is 5.54 Å². The maximum Gasteiger partial charge on any atom is 0.337 e. The summed E-state index contributed by atoms with van der Waals surface area (Å²) in [6, 6.07) is 13.3. The summed E-state index contributed by atoms with van der Waals surface area (Å²) >= 11 is 0. The van der Waals surface area contributed by atoms with Crippen LogP contribution in [0, 0.1) is 6.92 Å². The molecule has 1 unspecified atom stereocenters. The first-order valence-electron chi connectivity index (χ1n) is 6.41. The van der Waals surface area contributed by atoms with Crippen molar-refractivity contribution in [3.63, 3.8) is 0 Å². The van der Waals surface area contributed by atoms with Crippen LogP contribution in [0.2, 0.25) is 0 Å². The highest BCUT2D eigenvalue weighted by Gasteiger charge is 2.37. The number of pyridine rings is 1. The van der Waals surface area contributed by atoms with Gasteiger partial charge in [0.25, 0.3) is 0 Å². The molecule has 4 nitrogen and oxygen atoms in total. The van der Waals surface area contributed by atoms with Crippen molar-refractivity contribution in [1.82, 2.24) is 4.98 Å². The average molecular weight is 270 g/mol. The molecule has 0 saturated heterocycles. The molecule has 2 aromatic rings. The zero-order valence-corrected chi connectivity index (χ0v) is 11.9. The number of rotatable bonds is 4. The molecule has 4 heteroatoms. The lowest BCUT2D eigenvalue weighted by Gasteiger charge is -2.28. The molecular weight excluding hydrogens is 252 g/mol. The summed E-state index contributed by atoms with van der Waals surface area (Å²) in [5.41, 5.74) is 1.56. The Morgan fingerprint density at radius 2 is 2.05 bits per heavy atom. The van der Waals surface area contributed by atoms with Crippen molar-refractivity contribution in [1.29, 1.82) is 0 Å². The zero-order chi connectivity index (χ0) is 14.6. The number of anilines is 1. The fourth-order valence-corrected chi connectivity index (χ4v) is 2.09. The smallest absolute Gasteiger partial charge is 0.337 e. The van der Waals surface area contributed by atoms with Crippen molar-refractivity contribution in [3.8, 4) is 0 Å². The maximum absolute atomic E-state index is 12.2. The molecule has 0 spiro atoms. The first kappa shape index (κ1) is 14.1. The summed E-state index contributed by atoms with van der Waals surface area (Å²) in [4.78, 5) is 16.5. The molecule has 1 atom stereocenters. The third-order valence-electron chi connectivity index (χ3n) is 3.18. The second-order valence-corrected chi connectivity index (χ2v) is 4.83. The van der Waals surface area contributed by atoms with Crippen LogP contribution in [-0.2, 0) is 15.1 Å². The van der Waals surface area contributed by atoms with Gasteiger partial charge in [0.05, 0.1) is 12.8 Å². The predicted molar refractivity (Wildman–Crippen MR) is 78.4 cm³/mol. The van der Waals surface area contributed by atoms with Gasteiger partial charge in [-0.15, -0.1) is 0 Å². The van der Waals surface area contributed by atoms with Crippen LogP contribution in [0.4, 0.5) is 5.69 Å². The van der Waals surface area contributed by atoms with Crippen molar-refractivity contribution in [2.24, 2.45) is 0 Å². The molecule has 0 aliphatic carbocycles. The summed E-state index contributed by atoms with van der Waals surface area (Å²) in [5.74, 6) is -0.377. The van der Waals surface area contributed by atoms with Gasteiger partial charge in [-0.3, -0.25) is 4.98 Å². The first-order chi connectivity index (χ1) is 9.56. The highest BCUT2D eigenvalue weighted by molar-refractivity contribution is 5.85. The van der Waals surface area contributed by atoms with Crippen LogP contribution in [0.5, 0.6) is 0 Å². The largest absolute Gasteiger partial charge is 0.467 e. The molecule has 1 aromatic heterocycles. The minimum absolute atomic E-state index is 0.377. The molecular formula is C16H18N2O2. The third-order valence-corrected chi connectivity index (χ3v) is 3.18. The highest BCUT2D eigenvalue weighted by atomic mass is 16.5. The number of nitrogens with one attached hydrogen (secondary N) is 1. The standard InChI is InChI=1S/C16H18N2O2/c1-12-7-6-8-13(11-12)18-16(2,15(19)20-3)14-9-4-5-10-17-14/h4-11,18H,1-3H3. The van der Waals surface area contributed by atoms with Crippen molar-refractivity contribution >= 4 is 11.7 Å². The average Bonchev–Trinajstić information content (AvgIpc) is 2.47.